The van der Waals surface area contributed by atoms with Crippen molar-refractivity contribution in [1.82, 2.24) is 0 Å². The van der Waals surface area contributed by atoms with Gasteiger partial charge in [-0.2, -0.15) is 0 Å². The van der Waals surface area contributed by atoms with Crippen molar-refractivity contribution in [3.8, 4) is 11.5 Å². The summed E-state index contributed by atoms with van der Waals surface area (Å²) in [6, 6.07) is 5.79. The lowest BCUT2D eigenvalue weighted by Crippen LogP contribution is -2.35. The summed E-state index contributed by atoms with van der Waals surface area (Å²) in [6.07, 6.45) is 11.0. The van der Waals surface area contributed by atoms with Gasteiger partial charge in [-0.05, 0) is 68.2 Å². The van der Waals surface area contributed by atoms with Crippen molar-refractivity contribution in [3.63, 3.8) is 0 Å². The third-order valence-electron chi connectivity index (χ3n) is 7.07. The summed E-state index contributed by atoms with van der Waals surface area (Å²) < 4.78 is 47.0. The molecule has 0 spiro atoms. The van der Waals surface area contributed by atoms with Crippen LogP contribution in [0.15, 0.2) is 24.3 Å². The van der Waals surface area contributed by atoms with Crippen LogP contribution < -0.4 is 9.47 Å². The molecule has 0 radical (unpaired) electrons. The number of alkyl halides is 3. The molecule has 2 nitrogen and oxygen atoms in total. The molecule has 2 fully saturated rings. The van der Waals surface area contributed by atoms with E-state index >= 15 is 0 Å². The van der Waals surface area contributed by atoms with Gasteiger partial charge in [0, 0.05) is 5.41 Å². The normalized spacial score (nSPS) is 26.3. The molecule has 0 aromatic heterocycles. The van der Waals surface area contributed by atoms with E-state index < -0.39 is 6.36 Å². The highest BCUT2D eigenvalue weighted by Crippen LogP contribution is 2.47. The van der Waals surface area contributed by atoms with Gasteiger partial charge in [-0.3, -0.25) is 0 Å². The Balaban J connectivity index is 1.55. The first-order chi connectivity index (χ1) is 13.9. The molecule has 0 saturated heterocycles. The molecule has 0 aliphatic heterocycles. The molecule has 1 aromatic rings. The Morgan fingerprint density at radius 1 is 0.897 bits per heavy atom. The summed E-state index contributed by atoms with van der Waals surface area (Å²) in [6.45, 7) is 2.88. The molecule has 29 heavy (non-hydrogen) atoms. The molecule has 2 saturated carbocycles. The quantitative estimate of drug-likeness (QED) is 0.432. The second kappa shape index (κ2) is 10.1. The van der Waals surface area contributed by atoms with Crippen molar-refractivity contribution in [2.45, 2.75) is 90.3 Å². The van der Waals surface area contributed by atoms with Crippen LogP contribution in [0.25, 0.3) is 0 Å². The molecule has 0 bridgehead atoms. The largest absolute Gasteiger partial charge is 0.573 e. The third kappa shape index (κ3) is 6.82. The van der Waals surface area contributed by atoms with Crippen LogP contribution in [0, 0.1) is 17.3 Å². The number of hydrogen-bond donors (Lipinski definition) is 0. The Hall–Kier alpha value is -1.39. The van der Waals surface area contributed by atoms with Crippen molar-refractivity contribution in [3.05, 3.63) is 24.3 Å². The molecule has 0 N–H and O–H groups in total. The van der Waals surface area contributed by atoms with Crippen LogP contribution in [-0.4, -0.2) is 13.0 Å². The number of ether oxygens (including phenoxy) is 2. The van der Waals surface area contributed by atoms with E-state index in [2.05, 4.69) is 11.7 Å². The lowest BCUT2D eigenvalue weighted by molar-refractivity contribution is -0.274. The first-order valence-electron chi connectivity index (χ1n) is 11.4. The molecule has 5 heteroatoms. The van der Waals surface area contributed by atoms with Crippen molar-refractivity contribution in [2.24, 2.45) is 17.3 Å². The Labute approximate surface area is 173 Å². The van der Waals surface area contributed by atoms with Gasteiger partial charge in [0.1, 0.15) is 11.5 Å². The van der Waals surface area contributed by atoms with E-state index in [1.807, 2.05) is 0 Å². The van der Waals surface area contributed by atoms with Gasteiger partial charge in [0.05, 0.1) is 6.61 Å². The average molecular weight is 413 g/mol. The molecule has 2 aliphatic rings. The van der Waals surface area contributed by atoms with Crippen molar-refractivity contribution in [1.29, 1.82) is 0 Å². The van der Waals surface area contributed by atoms with Crippen LogP contribution in [0.3, 0.4) is 0 Å². The van der Waals surface area contributed by atoms with Crippen LogP contribution in [-0.2, 0) is 0 Å². The fourth-order valence-corrected chi connectivity index (χ4v) is 5.32. The molecule has 0 atom stereocenters. The Kier molecular flexibility index (Phi) is 7.75. The minimum atomic E-state index is -4.66. The van der Waals surface area contributed by atoms with Gasteiger partial charge in [0.25, 0.3) is 0 Å². The Morgan fingerprint density at radius 2 is 1.48 bits per heavy atom. The van der Waals surface area contributed by atoms with E-state index in [0.717, 1.165) is 11.8 Å². The van der Waals surface area contributed by atoms with Crippen LogP contribution in [0.5, 0.6) is 11.5 Å². The van der Waals surface area contributed by atoms with Gasteiger partial charge >= 0.3 is 6.36 Å². The smallest absolute Gasteiger partial charge is 0.493 e. The molecule has 2 aliphatic carbocycles. The van der Waals surface area contributed by atoms with Gasteiger partial charge in [-0.1, -0.05) is 51.9 Å². The van der Waals surface area contributed by atoms with E-state index in [1.54, 1.807) is 12.1 Å². The summed E-state index contributed by atoms with van der Waals surface area (Å²) in [7, 11) is 0. The first kappa shape index (κ1) is 22.3. The van der Waals surface area contributed by atoms with Gasteiger partial charge in [-0.15, -0.1) is 13.2 Å². The number of benzene rings is 1. The van der Waals surface area contributed by atoms with Crippen LogP contribution in [0.1, 0.15) is 84.0 Å². The highest BCUT2D eigenvalue weighted by Gasteiger charge is 2.38. The van der Waals surface area contributed by atoms with E-state index in [0.29, 0.717) is 12.4 Å². The third-order valence-corrected chi connectivity index (χ3v) is 7.07. The van der Waals surface area contributed by atoms with Crippen LogP contribution in [0.4, 0.5) is 13.2 Å². The molecular weight excluding hydrogens is 377 g/mol. The summed E-state index contributed by atoms with van der Waals surface area (Å²) in [5, 5.41) is 0. The number of rotatable bonds is 8. The highest BCUT2D eigenvalue weighted by atomic mass is 19.4. The average Bonchev–Trinajstić information content (AvgIpc) is 2.72. The van der Waals surface area contributed by atoms with Crippen molar-refractivity contribution < 1.29 is 22.6 Å². The zero-order chi connectivity index (χ0) is 20.7. The van der Waals surface area contributed by atoms with Crippen LogP contribution >= 0.6 is 0 Å². The second-order valence-corrected chi connectivity index (χ2v) is 9.15. The standard InChI is InChI=1S/C24H35F3O2/c1-2-3-15-23(16-13-20(14-17-23)19-7-5-4-6-8-19)18-28-21-9-11-22(12-10-21)29-24(25,26)27/h9-12,19-20H,2-8,13-18H2,1H3. The number of halogens is 3. The van der Waals surface area contributed by atoms with E-state index in [1.165, 1.54) is 89.2 Å². The predicted octanol–water partition coefficient (Wildman–Crippen LogP) is 7.91. The second-order valence-electron chi connectivity index (χ2n) is 9.15. The summed E-state index contributed by atoms with van der Waals surface area (Å²) >= 11 is 0. The summed E-state index contributed by atoms with van der Waals surface area (Å²) in [5.41, 5.74) is 0.211. The van der Waals surface area contributed by atoms with Gasteiger partial charge in [0.2, 0.25) is 0 Å². The minimum Gasteiger partial charge on any atom is -0.493 e. The fraction of sp³-hybridized carbons (Fsp3) is 0.750. The number of hydrogen-bond acceptors (Lipinski definition) is 2. The molecule has 3 rings (SSSR count). The molecule has 0 amide bonds. The van der Waals surface area contributed by atoms with Gasteiger partial charge in [0.15, 0.2) is 0 Å². The lowest BCUT2D eigenvalue weighted by Gasteiger charge is -2.43. The van der Waals surface area contributed by atoms with Crippen molar-refractivity contribution >= 4 is 0 Å². The molecule has 0 heterocycles. The predicted molar refractivity (Wildman–Crippen MR) is 109 cm³/mol. The van der Waals surface area contributed by atoms with E-state index in [4.69, 9.17) is 4.74 Å². The molecular formula is C24H35F3O2. The Bertz CT molecular complexity index is 598. The zero-order valence-corrected chi connectivity index (χ0v) is 17.6. The SMILES string of the molecule is CCCCC1(COc2ccc(OC(F)(F)F)cc2)CCC(C2CCCCC2)CC1. The highest BCUT2D eigenvalue weighted by molar-refractivity contribution is 5.31. The number of unbranched alkanes of at least 4 members (excludes halogenated alkanes) is 1. The zero-order valence-electron chi connectivity index (χ0n) is 17.6. The maximum atomic E-state index is 12.3. The maximum Gasteiger partial charge on any atom is 0.573 e. The minimum absolute atomic E-state index is 0.210. The topological polar surface area (TPSA) is 18.5 Å². The van der Waals surface area contributed by atoms with E-state index in [-0.39, 0.29) is 11.2 Å². The van der Waals surface area contributed by atoms with Gasteiger partial charge in [-0.25, -0.2) is 0 Å². The van der Waals surface area contributed by atoms with Crippen molar-refractivity contribution in [2.75, 3.05) is 6.61 Å². The molecule has 1 aromatic carbocycles. The fourth-order valence-electron chi connectivity index (χ4n) is 5.32. The molecule has 0 unspecified atom stereocenters. The summed E-state index contributed by atoms with van der Waals surface area (Å²) in [4.78, 5) is 0. The summed E-state index contributed by atoms with van der Waals surface area (Å²) in [5.74, 6) is 2.21. The van der Waals surface area contributed by atoms with Gasteiger partial charge < -0.3 is 9.47 Å². The molecule has 164 valence electrons. The van der Waals surface area contributed by atoms with E-state index in [9.17, 15) is 13.2 Å². The Morgan fingerprint density at radius 3 is 2.07 bits per heavy atom. The first-order valence-corrected chi connectivity index (χ1v) is 11.4. The monoisotopic (exact) mass is 412 g/mol. The van der Waals surface area contributed by atoms with Crippen LogP contribution in [0.2, 0.25) is 0 Å². The lowest BCUT2D eigenvalue weighted by atomic mass is 9.64. The maximum absolute atomic E-state index is 12.3.